The third-order valence-corrected chi connectivity index (χ3v) is 2.21. The monoisotopic (exact) mass is 211 g/mol. The molecule has 0 unspecified atom stereocenters. The molecule has 0 aliphatic heterocycles. The van der Waals surface area contributed by atoms with Gasteiger partial charge in [-0.15, -0.1) is 0 Å². The fourth-order valence-electron chi connectivity index (χ4n) is 0.769. The first-order chi connectivity index (χ1) is 5.77. The van der Waals surface area contributed by atoms with E-state index in [2.05, 4.69) is 11.1 Å². The predicted octanol–water partition coefficient (Wildman–Crippen LogP) is 0.106. The van der Waals surface area contributed by atoms with Crippen molar-refractivity contribution in [1.82, 2.24) is 0 Å². The average molecular weight is 211 g/mol. The van der Waals surface area contributed by atoms with Crippen LogP contribution in [0.2, 0.25) is 0 Å². The highest BCUT2D eigenvalue weighted by Gasteiger charge is 2.12. The number of quaternary nitrogens is 1. The molecule has 0 aromatic heterocycles. The summed E-state index contributed by atoms with van der Waals surface area (Å²) in [6.07, 6.45) is 0.572. The van der Waals surface area contributed by atoms with Crippen LogP contribution < -0.4 is 0 Å². The van der Waals surface area contributed by atoms with E-state index in [4.69, 9.17) is 4.55 Å². The first kappa shape index (κ1) is 12.8. The van der Waals surface area contributed by atoms with Crippen molar-refractivity contribution >= 4 is 10.4 Å². The van der Waals surface area contributed by atoms with Crippen LogP contribution in [0.5, 0.6) is 0 Å². The van der Waals surface area contributed by atoms with E-state index >= 15 is 0 Å². The second-order valence-corrected chi connectivity index (χ2v) is 4.58. The van der Waals surface area contributed by atoms with Gasteiger partial charge in [0.2, 0.25) is 0 Å². The van der Waals surface area contributed by atoms with E-state index in [1.165, 1.54) is 0 Å². The molecule has 0 aromatic rings. The van der Waals surface area contributed by atoms with E-state index in [1.807, 2.05) is 14.1 Å². The molecule has 5 nitrogen and oxygen atoms in total. The van der Waals surface area contributed by atoms with Crippen molar-refractivity contribution in [3.05, 3.63) is 6.92 Å². The molecule has 0 aromatic carbocycles. The lowest BCUT2D eigenvalue weighted by Crippen LogP contribution is -2.40. The van der Waals surface area contributed by atoms with E-state index in [0.717, 1.165) is 13.1 Å². The third kappa shape index (κ3) is 8.17. The Balaban J connectivity index is 3.58. The number of hydrogen-bond acceptors (Lipinski definition) is 3. The molecule has 0 aliphatic carbocycles. The summed E-state index contributed by atoms with van der Waals surface area (Å²) in [6, 6.07) is 0. The van der Waals surface area contributed by atoms with Gasteiger partial charge in [-0.1, -0.05) is 0 Å². The lowest BCUT2D eigenvalue weighted by Gasteiger charge is -2.27. The third-order valence-electron chi connectivity index (χ3n) is 1.75. The molecule has 0 bridgehead atoms. The van der Waals surface area contributed by atoms with Gasteiger partial charge in [-0.3, -0.25) is 4.55 Å². The summed E-state index contributed by atoms with van der Waals surface area (Å²) in [5.41, 5.74) is 0. The topological polar surface area (TPSA) is 63.6 Å². The Morgan fingerprint density at radius 1 is 1.46 bits per heavy atom. The van der Waals surface area contributed by atoms with Gasteiger partial charge in [0.25, 0.3) is 0 Å². The molecular weight excluding hydrogens is 194 g/mol. The van der Waals surface area contributed by atoms with Crippen molar-refractivity contribution in [3.63, 3.8) is 0 Å². The van der Waals surface area contributed by atoms with E-state index in [9.17, 15) is 8.42 Å². The lowest BCUT2D eigenvalue weighted by molar-refractivity contribution is -0.885. The van der Waals surface area contributed by atoms with Gasteiger partial charge in [-0.05, 0) is 0 Å². The van der Waals surface area contributed by atoms with E-state index in [0.29, 0.717) is 10.9 Å². The first-order valence-corrected chi connectivity index (χ1v) is 5.36. The molecule has 0 spiro atoms. The molecule has 0 atom stereocenters. The van der Waals surface area contributed by atoms with Crippen LogP contribution in [0.4, 0.5) is 0 Å². The van der Waals surface area contributed by atoms with E-state index in [1.54, 1.807) is 0 Å². The standard InChI is InChI=1S/C7H16NO4S/c1-4-8(2,3)6-5-7-12-13(9,10)11/h1,4-7H2,2-3H3/p+1. The molecule has 6 heteroatoms. The highest BCUT2D eigenvalue weighted by Crippen LogP contribution is 1.99. The lowest BCUT2D eigenvalue weighted by atomic mass is 10.3. The maximum Gasteiger partial charge on any atom is 0.397 e. The quantitative estimate of drug-likeness (QED) is 0.385. The van der Waals surface area contributed by atoms with Gasteiger partial charge in [0, 0.05) is 13.3 Å². The van der Waals surface area contributed by atoms with Gasteiger partial charge in [-0.25, -0.2) is 4.18 Å². The molecule has 0 rings (SSSR count). The largest absolute Gasteiger partial charge is 0.397 e. The van der Waals surface area contributed by atoms with Crippen molar-refractivity contribution in [1.29, 1.82) is 0 Å². The SMILES string of the molecule is [CH2]C[N+](C)(C)CCCOS(=O)(=O)O. The first-order valence-electron chi connectivity index (χ1n) is 4.00. The van der Waals surface area contributed by atoms with Gasteiger partial charge < -0.3 is 4.48 Å². The van der Waals surface area contributed by atoms with Crippen molar-refractivity contribution in [2.45, 2.75) is 6.42 Å². The van der Waals surface area contributed by atoms with Crippen LogP contribution in [0.25, 0.3) is 0 Å². The molecule has 0 saturated carbocycles. The molecule has 0 aliphatic rings. The molecule has 1 radical (unpaired) electrons. The van der Waals surface area contributed by atoms with Gasteiger partial charge in [0.1, 0.15) is 0 Å². The Morgan fingerprint density at radius 2 is 2.00 bits per heavy atom. The van der Waals surface area contributed by atoms with Crippen molar-refractivity contribution in [2.24, 2.45) is 0 Å². The molecule has 13 heavy (non-hydrogen) atoms. The zero-order chi connectivity index (χ0) is 10.5. The van der Waals surface area contributed by atoms with Gasteiger partial charge in [-0.2, -0.15) is 8.42 Å². The summed E-state index contributed by atoms with van der Waals surface area (Å²) >= 11 is 0. The number of hydrogen-bond donors (Lipinski definition) is 1. The normalized spacial score (nSPS) is 13.2. The van der Waals surface area contributed by atoms with Crippen molar-refractivity contribution in [2.75, 3.05) is 33.8 Å². The fourth-order valence-corrected chi connectivity index (χ4v) is 1.10. The smallest absolute Gasteiger partial charge is 0.328 e. The highest BCUT2D eigenvalue weighted by atomic mass is 32.3. The van der Waals surface area contributed by atoms with Crippen LogP contribution in [-0.4, -0.2) is 51.2 Å². The zero-order valence-corrected chi connectivity index (χ0v) is 8.88. The average Bonchev–Trinajstić information content (AvgIpc) is 1.97. The summed E-state index contributed by atoms with van der Waals surface area (Å²) < 4.78 is 33.4. The Hall–Kier alpha value is -0.170. The second kappa shape index (κ2) is 4.90. The summed E-state index contributed by atoms with van der Waals surface area (Å²) in [4.78, 5) is 0. The maximum absolute atomic E-state index is 10.1. The van der Waals surface area contributed by atoms with Crippen LogP contribution in [0.1, 0.15) is 6.42 Å². The summed E-state index contributed by atoms with van der Waals surface area (Å²) in [5, 5.41) is 0. The van der Waals surface area contributed by atoms with Crippen LogP contribution in [0.15, 0.2) is 0 Å². The van der Waals surface area contributed by atoms with Crippen molar-refractivity contribution in [3.8, 4) is 0 Å². The summed E-state index contributed by atoms with van der Waals surface area (Å²) in [6.45, 7) is 5.25. The van der Waals surface area contributed by atoms with E-state index < -0.39 is 10.4 Å². The Bertz CT molecular complexity index is 235. The molecular formula is C7H17NO4S+. The zero-order valence-electron chi connectivity index (χ0n) is 8.06. The molecule has 79 valence electrons. The van der Waals surface area contributed by atoms with Gasteiger partial charge >= 0.3 is 10.4 Å². The molecule has 0 heterocycles. The number of nitrogens with zero attached hydrogens (tertiary/aromatic N) is 1. The fraction of sp³-hybridized carbons (Fsp3) is 0.857. The van der Waals surface area contributed by atoms with Crippen LogP contribution in [-0.2, 0) is 14.6 Å². The minimum absolute atomic E-state index is 0.0144. The highest BCUT2D eigenvalue weighted by molar-refractivity contribution is 7.80. The van der Waals surface area contributed by atoms with Gasteiger partial charge in [0.15, 0.2) is 0 Å². The van der Waals surface area contributed by atoms with Crippen LogP contribution in [0, 0.1) is 6.92 Å². The minimum atomic E-state index is -4.27. The summed E-state index contributed by atoms with van der Waals surface area (Å²) in [7, 11) is -0.298. The second-order valence-electron chi connectivity index (χ2n) is 3.49. The maximum atomic E-state index is 10.1. The Morgan fingerprint density at radius 3 is 2.38 bits per heavy atom. The van der Waals surface area contributed by atoms with Crippen LogP contribution >= 0.6 is 0 Å². The van der Waals surface area contributed by atoms with Gasteiger partial charge in [0.05, 0.1) is 33.8 Å². The molecule has 0 amide bonds. The van der Waals surface area contributed by atoms with Crippen LogP contribution in [0.3, 0.4) is 0 Å². The molecule has 1 N–H and O–H groups in total. The predicted molar refractivity (Wildman–Crippen MR) is 49.3 cm³/mol. The van der Waals surface area contributed by atoms with E-state index in [-0.39, 0.29) is 6.61 Å². The minimum Gasteiger partial charge on any atom is -0.328 e. The molecule has 0 saturated heterocycles. The molecule has 0 fully saturated rings. The summed E-state index contributed by atoms with van der Waals surface area (Å²) in [5.74, 6) is 0. The Labute approximate surface area is 79.8 Å². The Kier molecular flexibility index (Phi) is 4.83. The van der Waals surface area contributed by atoms with Crippen molar-refractivity contribution < 1.29 is 21.6 Å². The number of rotatable bonds is 6.